The monoisotopic (exact) mass is 543 g/mol. The molecule has 0 spiro atoms. The van der Waals surface area contributed by atoms with Crippen molar-refractivity contribution in [3.05, 3.63) is 95.2 Å². The summed E-state index contributed by atoms with van der Waals surface area (Å²) in [5, 5.41) is 14.0. The van der Waals surface area contributed by atoms with E-state index < -0.39 is 0 Å². The number of hydrogen-bond acceptors (Lipinski definition) is 4. The highest BCUT2D eigenvalue weighted by Gasteiger charge is 2.21. The average Bonchev–Trinajstić information content (AvgIpc) is 3.31. The molecular weight excluding hydrogens is 506 g/mol. The number of aromatic hydroxyl groups is 1. The van der Waals surface area contributed by atoms with E-state index in [9.17, 15) is 5.11 Å². The quantitative estimate of drug-likeness (QED) is 0.218. The molecule has 0 aliphatic rings. The van der Waals surface area contributed by atoms with Crippen molar-refractivity contribution in [1.82, 2.24) is 14.5 Å². The van der Waals surface area contributed by atoms with Gasteiger partial charge in [0, 0.05) is 34.0 Å². The number of nitrogens with zero attached hydrogens (tertiary/aromatic N) is 3. The summed E-state index contributed by atoms with van der Waals surface area (Å²) in [6.07, 6.45) is 1.72. The summed E-state index contributed by atoms with van der Waals surface area (Å²) in [7, 11) is 0. The van der Waals surface area contributed by atoms with Crippen molar-refractivity contribution in [2.24, 2.45) is 0 Å². The molecule has 5 nitrogen and oxygen atoms in total. The van der Waals surface area contributed by atoms with Gasteiger partial charge in [-0.15, -0.1) is 0 Å². The summed E-state index contributed by atoms with van der Waals surface area (Å²) in [6, 6.07) is 24.7. The first-order valence-corrected chi connectivity index (χ1v) is 14.7. The second-order valence-corrected chi connectivity index (χ2v) is 11.4. The molecule has 0 unspecified atom stereocenters. The first kappa shape index (κ1) is 26.8. The van der Waals surface area contributed by atoms with Crippen LogP contribution in [0.2, 0.25) is 0 Å². The van der Waals surface area contributed by atoms with Crippen molar-refractivity contribution in [1.29, 1.82) is 0 Å². The normalized spacial score (nSPS) is 11.9. The molecule has 3 heterocycles. The maximum atomic E-state index is 10.6. The Balaban J connectivity index is 1.63. The Kier molecular flexibility index (Phi) is 6.90. The summed E-state index contributed by atoms with van der Waals surface area (Å²) in [5.41, 5.74) is 7.47. The van der Waals surface area contributed by atoms with Crippen molar-refractivity contribution < 1.29 is 9.84 Å². The second-order valence-electron chi connectivity index (χ2n) is 11.4. The van der Waals surface area contributed by atoms with Crippen molar-refractivity contribution >= 4 is 32.7 Å². The number of phenolic OH excluding ortho intramolecular Hbond substituents is 1. The van der Waals surface area contributed by atoms with Gasteiger partial charge in [0.25, 0.3) is 0 Å². The molecule has 1 N–H and O–H groups in total. The number of pyridine rings is 2. The van der Waals surface area contributed by atoms with Crippen LogP contribution in [0.3, 0.4) is 0 Å². The van der Waals surface area contributed by atoms with E-state index in [2.05, 4.69) is 94.6 Å². The van der Waals surface area contributed by atoms with E-state index in [4.69, 9.17) is 14.7 Å². The molecule has 0 aliphatic carbocycles. The third-order valence-electron chi connectivity index (χ3n) is 8.03. The number of phenols is 1. The number of para-hydroxylation sites is 2. The van der Waals surface area contributed by atoms with Gasteiger partial charge in [-0.05, 0) is 65.6 Å². The Bertz CT molecular complexity index is 1920. The third-order valence-corrected chi connectivity index (χ3v) is 8.03. The Morgan fingerprint density at radius 2 is 1.51 bits per heavy atom. The minimum atomic E-state index is 0.155. The molecule has 3 aromatic carbocycles. The first-order valence-electron chi connectivity index (χ1n) is 14.7. The predicted octanol–water partition coefficient (Wildman–Crippen LogP) is 9.60. The Labute approximate surface area is 241 Å². The Hall–Kier alpha value is -4.38. The standard InChI is InChI=1S/C36H37N3O2/c1-7-23-18-25(41-33-20-29(22(5)6)27-14-11-16-31(40)35(27)38-33)19-30-34(23)28-15-10-13-26(21(3)4)36(28)39(30)32-17-9-12-24(8-2)37-32/h9-22,40H,7-8H2,1-6H3. The van der Waals surface area contributed by atoms with Crippen LogP contribution in [0, 0.1) is 0 Å². The summed E-state index contributed by atoms with van der Waals surface area (Å²) >= 11 is 0. The highest BCUT2D eigenvalue weighted by Crippen LogP contribution is 2.41. The fraction of sp³-hybridized carbons (Fsp3) is 0.278. The van der Waals surface area contributed by atoms with E-state index in [1.807, 2.05) is 18.2 Å². The molecule has 5 heteroatoms. The Morgan fingerprint density at radius 1 is 0.780 bits per heavy atom. The SMILES string of the molecule is CCc1cccc(-n2c3cc(Oc4cc(C(C)C)c5cccc(O)c5n4)cc(CC)c3c3cccc(C(C)C)c32)n1. The minimum absolute atomic E-state index is 0.155. The summed E-state index contributed by atoms with van der Waals surface area (Å²) in [5.74, 6) is 2.84. The molecule has 0 atom stereocenters. The zero-order valence-electron chi connectivity index (χ0n) is 24.7. The topological polar surface area (TPSA) is 60.2 Å². The van der Waals surface area contributed by atoms with Crippen LogP contribution in [-0.2, 0) is 12.8 Å². The molecule has 0 bridgehead atoms. The maximum absolute atomic E-state index is 10.6. The summed E-state index contributed by atoms with van der Waals surface area (Å²) < 4.78 is 8.85. The van der Waals surface area contributed by atoms with E-state index in [0.717, 1.165) is 40.8 Å². The van der Waals surface area contributed by atoms with Gasteiger partial charge in [0.05, 0.1) is 11.0 Å². The van der Waals surface area contributed by atoms with E-state index in [1.165, 1.54) is 27.4 Å². The van der Waals surface area contributed by atoms with Gasteiger partial charge in [0.1, 0.15) is 22.8 Å². The van der Waals surface area contributed by atoms with Gasteiger partial charge in [-0.2, -0.15) is 0 Å². The van der Waals surface area contributed by atoms with Crippen LogP contribution < -0.4 is 4.74 Å². The predicted molar refractivity (Wildman–Crippen MR) is 169 cm³/mol. The van der Waals surface area contributed by atoms with Crippen molar-refractivity contribution in [2.45, 2.75) is 66.2 Å². The smallest absolute Gasteiger partial charge is 0.220 e. The van der Waals surface area contributed by atoms with Crippen molar-refractivity contribution in [3.63, 3.8) is 0 Å². The molecule has 6 rings (SSSR count). The lowest BCUT2D eigenvalue weighted by atomic mass is 9.98. The van der Waals surface area contributed by atoms with Crippen molar-refractivity contribution in [2.75, 3.05) is 0 Å². The number of benzene rings is 3. The minimum Gasteiger partial charge on any atom is -0.506 e. The van der Waals surface area contributed by atoms with Crippen molar-refractivity contribution in [3.8, 4) is 23.2 Å². The number of aromatic nitrogens is 3. The van der Waals surface area contributed by atoms with E-state index in [1.54, 1.807) is 6.07 Å². The molecule has 41 heavy (non-hydrogen) atoms. The Morgan fingerprint density at radius 3 is 2.24 bits per heavy atom. The van der Waals surface area contributed by atoms with E-state index in [0.29, 0.717) is 23.1 Å². The summed E-state index contributed by atoms with van der Waals surface area (Å²) in [6.45, 7) is 13.1. The maximum Gasteiger partial charge on any atom is 0.220 e. The fourth-order valence-electron chi connectivity index (χ4n) is 5.99. The summed E-state index contributed by atoms with van der Waals surface area (Å²) in [4.78, 5) is 9.80. The van der Waals surface area contributed by atoms with Gasteiger partial charge in [-0.25, -0.2) is 9.97 Å². The molecule has 0 saturated heterocycles. The van der Waals surface area contributed by atoms with Gasteiger partial charge < -0.3 is 9.84 Å². The van der Waals surface area contributed by atoms with Crippen LogP contribution in [0.1, 0.15) is 75.8 Å². The zero-order chi connectivity index (χ0) is 28.8. The van der Waals surface area contributed by atoms with Gasteiger partial charge in [-0.3, -0.25) is 4.57 Å². The van der Waals surface area contributed by atoms with Crippen LogP contribution in [0.25, 0.3) is 38.5 Å². The molecule has 3 aromatic heterocycles. The molecule has 0 aliphatic heterocycles. The van der Waals surface area contributed by atoms with Gasteiger partial charge in [0.15, 0.2) is 0 Å². The number of hydrogen-bond donors (Lipinski definition) is 1. The highest BCUT2D eigenvalue weighted by atomic mass is 16.5. The second kappa shape index (κ2) is 10.5. The van der Waals surface area contributed by atoms with E-state index in [-0.39, 0.29) is 11.7 Å². The zero-order valence-corrected chi connectivity index (χ0v) is 24.7. The lowest BCUT2D eigenvalue weighted by Gasteiger charge is -2.15. The van der Waals surface area contributed by atoms with Crippen LogP contribution in [0.5, 0.6) is 17.4 Å². The lowest BCUT2D eigenvalue weighted by molar-refractivity contribution is 0.459. The van der Waals surface area contributed by atoms with E-state index >= 15 is 0 Å². The fourth-order valence-corrected chi connectivity index (χ4v) is 5.99. The molecule has 0 radical (unpaired) electrons. The van der Waals surface area contributed by atoms with Crippen LogP contribution in [0.15, 0.2) is 72.8 Å². The number of rotatable bonds is 7. The largest absolute Gasteiger partial charge is 0.506 e. The van der Waals surface area contributed by atoms with Gasteiger partial charge in [-0.1, -0.05) is 77.9 Å². The van der Waals surface area contributed by atoms with Crippen LogP contribution >= 0.6 is 0 Å². The molecule has 0 amide bonds. The third kappa shape index (κ3) is 4.59. The molecule has 0 fully saturated rings. The van der Waals surface area contributed by atoms with Gasteiger partial charge >= 0.3 is 0 Å². The molecular formula is C36H37N3O2. The van der Waals surface area contributed by atoms with Crippen LogP contribution in [0.4, 0.5) is 0 Å². The molecule has 0 saturated carbocycles. The number of fused-ring (bicyclic) bond motifs is 4. The molecule has 208 valence electrons. The molecule has 6 aromatic rings. The van der Waals surface area contributed by atoms with Crippen LogP contribution in [-0.4, -0.2) is 19.6 Å². The number of aryl methyl sites for hydroxylation is 2. The first-order chi connectivity index (χ1) is 19.8. The number of ether oxygens (including phenoxy) is 1. The van der Waals surface area contributed by atoms with Gasteiger partial charge in [0.2, 0.25) is 5.88 Å². The highest BCUT2D eigenvalue weighted by molar-refractivity contribution is 6.12. The average molecular weight is 544 g/mol. The lowest BCUT2D eigenvalue weighted by Crippen LogP contribution is -2.02.